The summed E-state index contributed by atoms with van der Waals surface area (Å²) in [4.78, 5) is 0. The number of fused-ring (bicyclic) bond motifs is 5. The minimum Gasteiger partial charge on any atom is -0.358 e. The third kappa shape index (κ3) is 6.91. The minimum atomic E-state index is -0.646. The molecule has 2 aromatic carbocycles. The van der Waals surface area contributed by atoms with Crippen LogP contribution in [0.3, 0.4) is 0 Å². The molecule has 0 aromatic heterocycles. The third-order valence-corrected chi connectivity index (χ3v) is 27.3. The van der Waals surface area contributed by atoms with Crippen molar-refractivity contribution in [3.05, 3.63) is 89.4 Å². The first kappa shape index (κ1) is 38.9. The van der Waals surface area contributed by atoms with E-state index in [0.717, 1.165) is 35.5 Å². The molecule has 7 rings (SSSR count). The second-order valence-corrected chi connectivity index (χ2v) is 26.2. The average molecular weight is 692 g/mol. The van der Waals surface area contributed by atoms with Gasteiger partial charge in [0.1, 0.15) is 0 Å². The van der Waals surface area contributed by atoms with Crippen LogP contribution in [0.4, 0.5) is 0 Å². The molecule has 0 spiro atoms. The first-order valence-corrected chi connectivity index (χ1v) is 23.1. The molecule has 0 saturated heterocycles. The quantitative estimate of drug-likeness (QED) is 0.200. The molecule has 0 nitrogen and oxygen atoms in total. The summed E-state index contributed by atoms with van der Waals surface area (Å²) in [6.07, 6.45) is 18.6. The van der Waals surface area contributed by atoms with Crippen LogP contribution >= 0.6 is 0 Å². The molecule has 0 bridgehead atoms. The Morgan fingerprint density at radius 1 is 0.674 bits per heavy atom. The van der Waals surface area contributed by atoms with Crippen molar-refractivity contribution in [1.29, 1.82) is 0 Å². The van der Waals surface area contributed by atoms with E-state index in [1.807, 2.05) is 0 Å². The molecule has 4 fully saturated rings. The summed E-state index contributed by atoms with van der Waals surface area (Å²) in [7, 11) is -1.23. The van der Waals surface area contributed by atoms with Gasteiger partial charge in [-0.15, -0.1) is 0 Å². The van der Waals surface area contributed by atoms with Crippen LogP contribution in [-0.2, 0) is 26.2 Å². The molecule has 0 N–H and O–H groups in total. The fourth-order valence-corrected chi connectivity index (χ4v) is 23.9. The number of hydrogen-bond donors (Lipinski definition) is 0. The second-order valence-electron chi connectivity index (χ2n) is 14.7. The van der Waals surface area contributed by atoms with Crippen molar-refractivity contribution in [2.45, 2.75) is 114 Å². The number of rotatable bonds is 7. The largest absolute Gasteiger partial charge is 4.00 e. The van der Waals surface area contributed by atoms with Crippen molar-refractivity contribution in [3.8, 4) is 11.1 Å². The molecule has 236 valence electrons. The number of benzene rings is 2. The molecule has 2 aromatic rings. The molecule has 0 heterocycles. The summed E-state index contributed by atoms with van der Waals surface area (Å²) in [6.45, 7) is 8.16. The van der Waals surface area contributed by atoms with Gasteiger partial charge in [0.2, 0.25) is 0 Å². The van der Waals surface area contributed by atoms with E-state index in [1.54, 1.807) is 60.8 Å². The Kier molecular flexibility index (Phi) is 15.0. The molecular formula is C40H64Si2Zr. The number of hydrogen-bond acceptors (Lipinski definition) is 0. The van der Waals surface area contributed by atoms with E-state index >= 15 is 0 Å². The van der Waals surface area contributed by atoms with Gasteiger partial charge in [0, 0.05) is 22.5 Å². The summed E-state index contributed by atoms with van der Waals surface area (Å²) in [5, 5.41) is 0. The maximum Gasteiger partial charge on any atom is 4.00 e. The maximum absolute atomic E-state index is 2.90. The maximum atomic E-state index is 2.90. The fourth-order valence-electron chi connectivity index (χ4n) is 11.4. The van der Waals surface area contributed by atoms with Crippen LogP contribution in [0, 0.1) is 65.2 Å². The van der Waals surface area contributed by atoms with Crippen molar-refractivity contribution in [1.82, 2.24) is 0 Å². The van der Waals surface area contributed by atoms with Crippen molar-refractivity contribution in [3.63, 3.8) is 0 Å². The van der Waals surface area contributed by atoms with Crippen LogP contribution < -0.4 is 0 Å². The van der Waals surface area contributed by atoms with E-state index in [1.165, 1.54) is 49.6 Å². The molecular weight excluding hydrogens is 628 g/mol. The standard InChI is InChI=1S/C36H52Si2.4CH3.Zr/c1-4-5-11-24-18-19-26(22-24)37(2)38(3)34-21-20-32-33(34)23-25-12-10-17-27(25)35(32)36-30-15-8-6-13-28(30)29-14-7-9-16-31(29)36;;;;;/h6-9,13-16,24-27,32-38H,4-5,10-12,17-23H2,1-3H3;4*1H3;/q;4*-1;+4. The Balaban J connectivity index is 0.00000129. The molecule has 4 saturated carbocycles. The molecule has 0 amide bonds. The summed E-state index contributed by atoms with van der Waals surface area (Å²) in [6, 6.07) is 19.1. The van der Waals surface area contributed by atoms with Crippen LogP contribution in [0.15, 0.2) is 48.5 Å². The Hall–Kier alpha value is -0.243. The topological polar surface area (TPSA) is 0 Å². The average Bonchev–Trinajstić information content (AvgIpc) is 3.75. The SMILES string of the molecule is CCCCC1CCC([SiH](C)[SiH](C)C2CCC3C2CC2CCCC2C3C2c3ccccc3-c3ccccc32)C1.[CH3-].[CH3-].[CH3-].[CH3-].[Zr+4]. The first-order valence-electron chi connectivity index (χ1n) is 16.8. The minimum absolute atomic E-state index is 0. The molecule has 10 unspecified atom stereocenters. The van der Waals surface area contributed by atoms with Gasteiger partial charge in [0.15, 0.2) is 0 Å². The van der Waals surface area contributed by atoms with Crippen LogP contribution in [0.25, 0.3) is 11.1 Å². The first-order chi connectivity index (χ1) is 18.7. The summed E-state index contributed by atoms with van der Waals surface area (Å²) < 4.78 is 0. The zero-order chi connectivity index (χ0) is 25.8. The van der Waals surface area contributed by atoms with Gasteiger partial charge in [-0.2, -0.15) is 0 Å². The molecule has 0 aliphatic heterocycles. The van der Waals surface area contributed by atoms with Crippen LogP contribution in [0.2, 0.25) is 24.2 Å². The van der Waals surface area contributed by atoms with Gasteiger partial charge in [0.25, 0.3) is 0 Å². The van der Waals surface area contributed by atoms with Gasteiger partial charge in [-0.25, -0.2) is 0 Å². The van der Waals surface area contributed by atoms with Gasteiger partial charge in [-0.3, -0.25) is 0 Å². The molecule has 5 aliphatic rings. The van der Waals surface area contributed by atoms with E-state index in [-0.39, 0.29) is 55.9 Å². The van der Waals surface area contributed by atoms with Gasteiger partial charge in [-0.1, -0.05) is 132 Å². The summed E-state index contributed by atoms with van der Waals surface area (Å²) in [5.74, 6) is 6.76. The normalized spacial score (nSPS) is 33.1. The Labute approximate surface area is 291 Å². The second kappa shape index (κ2) is 16.5. The Morgan fingerprint density at radius 2 is 1.33 bits per heavy atom. The van der Waals surface area contributed by atoms with Crippen molar-refractivity contribution < 1.29 is 26.2 Å². The molecule has 5 aliphatic carbocycles. The third-order valence-electron chi connectivity index (χ3n) is 13.3. The van der Waals surface area contributed by atoms with E-state index in [0.29, 0.717) is 5.92 Å². The van der Waals surface area contributed by atoms with Crippen LogP contribution in [0.5, 0.6) is 0 Å². The van der Waals surface area contributed by atoms with Gasteiger partial charge in [-0.05, 0) is 82.6 Å². The predicted octanol–water partition coefficient (Wildman–Crippen LogP) is 11.6. The van der Waals surface area contributed by atoms with Crippen LogP contribution in [-0.4, -0.2) is 16.6 Å². The zero-order valence-corrected chi connectivity index (χ0v) is 33.7. The number of unbranched alkanes of at least 4 members (excludes halogenated alkanes) is 1. The van der Waals surface area contributed by atoms with Gasteiger partial charge >= 0.3 is 26.2 Å². The predicted molar refractivity (Wildman–Crippen MR) is 195 cm³/mol. The van der Waals surface area contributed by atoms with E-state index in [9.17, 15) is 0 Å². The van der Waals surface area contributed by atoms with Crippen molar-refractivity contribution in [2.24, 2.45) is 35.5 Å². The summed E-state index contributed by atoms with van der Waals surface area (Å²) in [5.41, 5.74) is 8.86. The van der Waals surface area contributed by atoms with Gasteiger partial charge < -0.3 is 29.7 Å². The summed E-state index contributed by atoms with van der Waals surface area (Å²) >= 11 is 0. The van der Waals surface area contributed by atoms with Crippen molar-refractivity contribution >= 4 is 16.6 Å². The van der Waals surface area contributed by atoms with Crippen LogP contribution in [0.1, 0.15) is 101 Å². The molecule has 43 heavy (non-hydrogen) atoms. The van der Waals surface area contributed by atoms with E-state index in [4.69, 9.17) is 0 Å². The smallest absolute Gasteiger partial charge is 0.358 e. The Bertz CT molecular complexity index is 1090. The Morgan fingerprint density at radius 3 is 1.98 bits per heavy atom. The monoisotopic (exact) mass is 690 g/mol. The molecule has 0 radical (unpaired) electrons. The van der Waals surface area contributed by atoms with Crippen molar-refractivity contribution in [2.75, 3.05) is 0 Å². The fraction of sp³-hybridized carbons (Fsp3) is 0.600. The molecule has 3 heteroatoms. The van der Waals surface area contributed by atoms with Gasteiger partial charge in [0.05, 0.1) is 0 Å². The van der Waals surface area contributed by atoms with E-state index in [2.05, 4.69) is 68.5 Å². The zero-order valence-electron chi connectivity index (χ0n) is 29.0. The van der Waals surface area contributed by atoms with E-state index < -0.39 is 16.6 Å². The molecule has 10 atom stereocenters.